The molecule has 1 aliphatic heterocycles. The van der Waals surface area contributed by atoms with E-state index in [-0.39, 0.29) is 17.5 Å². The van der Waals surface area contributed by atoms with Crippen LogP contribution in [-0.2, 0) is 6.54 Å². The molecule has 5 rings (SSSR count). The average molecular weight is 379 g/mol. The number of ketones is 1. The third-order valence-corrected chi connectivity index (χ3v) is 5.61. The van der Waals surface area contributed by atoms with Crippen molar-refractivity contribution in [1.82, 2.24) is 19.9 Å². The van der Waals surface area contributed by atoms with Crippen LogP contribution in [0.25, 0.3) is 11.0 Å². The van der Waals surface area contributed by atoms with Gasteiger partial charge >= 0.3 is 0 Å². The second-order valence-corrected chi connectivity index (χ2v) is 7.67. The topological polar surface area (TPSA) is 65.1 Å². The number of H-pyrrole nitrogens is 1. The van der Waals surface area contributed by atoms with Crippen LogP contribution in [0.4, 0.5) is 10.2 Å². The standard InChI is InChI=1S/C21H22FN5O/c22-16-5-1-14(2-6-16)12-26-7-9-27(10-8-26)21-17-11-18(19(28)15-3-4-15)25-20(17)23-13-24-21/h1-2,5-6,11,13,15H,3-4,7-10,12H2,(H,23,24,25). The molecule has 2 aliphatic rings. The van der Waals surface area contributed by atoms with Crippen LogP contribution in [0.1, 0.15) is 28.9 Å². The van der Waals surface area contributed by atoms with Gasteiger partial charge in [0.25, 0.3) is 0 Å². The zero-order chi connectivity index (χ0) is 19.1. The first-order valence-electron chi connectivity index (χ1n) is 9.77. The van der Waals surface area contributed by atoms with E-state index in [0.29, 0.717) is 5.69 Å². The number of Topliss-reactive ketones (excluding diaryl/α,β-unsaturated/α-hetero) is 1. The van der Waals surface area contributed by atoms with E-state index in [1.807, 2.05) is 18.2 Å². The van der Waals surface area contributed by atoms with Gasteiger partial charge in [0.2, 0.25) is 0 Å². The van der Waals surface area contributed by atoms with Crippen molar-refractivity contribution < 1.29 is 9.18 Å². The third kappa shape index (κ3) is 3.38. The SMILES string of the molecule is O=C(c1cc2c(N3CCN(Cc4ccc(F)cc4)CC3)ncnc2[nH]1)C1CC1. The molecule has 3 heterocycles. The summed E-state index contributed by atoms with van der Waals surface area (Å²) in [5.74, 6) is 1.05. The van der Waals surface area contributed by atoms with Crippen LogP contribution in [0.15, 0.2) is 36.7 Å². The van der Waals surface area contributed by atoms with E-state index < -0.39 is 0 Å². The smallest absolute Gasteiger partial charge is 0.182 e. The van der Waals surface area contributed by atoms with Crippen LogP contribution in [0.5, 0.6) is 0 Å². The van der Waals surface area contributed by atoms with Crippen LogP contribution < -0.4 is 4.90 Å². The summed E-state index contributed by atoms with van der Waals surface area (Å²) in [5.41, 5.74) is 2.49. The summed E-state index contributed by atoms with van der Waals surface area (Å²) in [6, 6.07) is 8.61. The zero-order valence-electron chi connectivity index (χ0n) is 15.6. The Morgan fingerprint density at radius 2 is 1.86 bits per heavy atom. The van der Waals surface area contributed by atoms with Gasteiger partial charge in [0.15, 0.2) is 5.78 Å². The molecule has 0 amide bonds. The van der Waals surface area contributed by atoms with Crippen molar-refractivity contribution >= 4 is 22.6 Å². The molecule has 0 unspecified atom stereocenters. The molecule has 0 spiro atoms. The van der Waals surface area contributed by atoms with Crippen molar-refractivity contribution in [3.05, 3.63) is 53.7 Å². The number of hydrogen-bond donors (Lipinski definition) is 1. The number of hydrogen-bond acceptors (Lipinski definition) is 5. The first kappa shape index (κ1) is 17.3. The average Bonchev–Trinajstić information content (AvgIpc) is 3.47. The number of benzene rings is 1. The largest absolute Gasteiger partial charge is 0.353 e. The van der Waals surface area contributed by atoms with Gasteiger partial charge in [0.05, 0.1) is 11.1 Å². The molecule has 6 nitrogen and oxygen atoms in total. The van der Waals surface area contributed by atoms with Gasteiger partial charge in [-0.15, -0.1) is 0 Å². The Kier molecular flexibility index (Phi) is 4.31. The van der Waals surface area contributed by atoms with Crippen molar-refractivity contribution in [2.45, 2.75) is 19.4 Å². The molecule has 28 heavy (non-hydrogen) atoms. The predicted molar refractivity (Wildman–Crippen MR) is 105 cm³/mol. The molecule has 0 atom stereocenters. The number of aromatic nitrogens is 3. The summed E-state index contributed by atoms with van der Waals surface area (Å²) in [7, 11) is 0. The highest BCUT2D eigenvalue weighted by Crippen LogP contribution is 2.34. The van der Waals surface area contributed by atoms with E-state index in [4.69, 9.17) is 0 Å². The third-order valence-electron chi connectivity index (χ3n) is 5.61. The van der Waals surface area contributed by atoms with Crippen LogP contribution in [0, 0.1) is 11.7 Å². The maximum Gasteiger partial charge on any atom is 0.182 e. The molecule has 2 aromatic heterocycles. The van der Waals surface area contributed by atoms with Crippen molar-refractivity contribution in [2.24, 2.45) is 5.92 Å². The monoisotopic (exact) mass is 379 g/mol. The molecule has 0 bridgehead atoms. The maximum absolute atomic E-state index is 13.1. The number of nitrogens with zero attached hydrogens (tertiary/aromatic N) is 4. The fourth-order valence-corrected chi connectivity index (χ4v) is 3.84. The lowest BCUT2D eigenvalue weighted by Crippen LogP contribution is -2.46. The summed E-state index contributed by atoms with van der Waals surface area (Å²) in [5, 5.41) is 0.915. The van der Waals surface area contributed by atoms with Gasteiger partial charge in [0.1, 0.15) is 23.6 Å². The number of nitrogens with one attached hydrogen (secondary N) is 1. The zero-order valence-corrected chi connectivity index (χ0v) is 15.6. The van der Waals surface area contributed by atoms with Crippen LogP contribution >= 0.6 is 0 Å². The summed E-state index contributed by atoms with van der Waals surface area (Å²) in [6.45, 7) is 4.33. The molecule has 1 saturated heterocycles. The van der Waals surface area contributed by atoms with Gasteiger partial charge in [-0.1, -0.05) is 12.1 Å². The Hall–Kier alpha value is -2.80. The normalized spacial score (nSPS) is 18.0. The highest BCUT2D eigenvalue weighted by atomic mass is 19.1. The fraction of sp³-hybridized carbons (Fsp3) is 0.381. The Bertz CT molecular complexity index is 1000. The Labute approximate surface area is 162 Å². The van der Waals surface area contributed by atoms with E-state index in [2.05, 4.69) is 24.8 Å². The second-order valence-electron chi connectivity index (χ2n) is 7.67. The quantitative estimate of drug-likeness (QED) is 0.691. The van der Waals surface area contributed by atoms with Crippen LogP contribution in [0.2, 0.25) is 0 Å². The maximum atomic E-state index is 13.1. The highest BCUT2D eigenvalue weighted by Gasteiger charge is 2.32. The molecular weight excluding hydrogens is 357 g/mol. The number of piperazine rings is 1. The number of aromatic amines is 1. The molecule has 1 aromatic carbocycles. The van der Waals surface area contributed by atoms with Gasteiger partial charge in [0, 0.05) is 38.6 Å². The Morgan fingerprint density at radius 1 is 1.11 bits per heavy atom. The summed E-state index contributed by atoms with van der Waals surface area (Å²) < 4.78 is 13.1. The Balaban J connectivity index is 1.30. The number of rotatable bonds is 5. The minimum absolute atomic E-state index is 0.180. The van der Waals surface area contributed by atoms with Crippen molar-refractivity contribution in [3.8, 4) is 0 Å². The molecule has 144 valence electrons. The number of carbonyl (C=O) groups excluding carboxylic acids is 1. The minimum Gasteiger partial charge on any atom is -0.353 e. The van der Waals surface area contributed by atoms with Gasteiger partial charge in [-0.3, -0.25) is 9.69 Å². The first-order valence-corrected chi connectivity index (χ1v) is 9.77. The van der Waals surface area contributed by atoms with Crippen molar-refractivity contribution in [1.29, 1.82) is 0 Å². The number of carbonyl (C=O) groups is 1. The molecule has 1 saturated carbocycles. The van der Waals surface area contributed by atoms with Gasteiger partial charge in [-0.25, -0.2) is 14.4 Å². The lowest BCUT2D eigenvalue weighted by atomic mass is 10.2. The van der Waals surface area contributed by atoms with Crippen molar-refractivity contribution in [3.63, 3.8) is 0 Å². The van der Waals surface area contributed by atoms with E-state index >= 15 is 0 Å². The van der Waals surface area contributed by atoms with Crippen molar-refractivity contribution in [2.75, 3.05) is 31.1 Å². The number of anilines is 1. The first-order chi connectivity index (χ1) is 13.7. The molecule has 3 aromatic rings. The summed E-state index contributed by atoms with van der Waals surface area (Å²) in [6.07, 6.45) is 3.54. The molecule has 7 heteroatoms. The minimum atomic E-state index is -0.201. The summed E-state index contributed by atoms with van der Waals surface area (Å²) in [4.78, 5) is 29.0. The van der Waals surface area contributed by atoms with E-state index in [0.717, 1.165) is 68.0 Å². The van der Waals surface area contributed by atoms with E-state index in [9.17, 15) is 9.18 Å². The van der Waals surface area contributed by atoms with E-state index in [1.54, 1.807) is 6.33 Å². The summed E-state index contributed by atoms with van der Waals surface area (Å²) >= 11 is 0. The number of fused-ring (bicyclic) bond motifs is 1. The highest BCUT2D eigenvalue weighted by molar-refractivity contribution is 6.03. The lowest BCUT2D eigenvalue weighted by Gasteiger charge is -2.35. The van der Waals surface area contributed by atoms with Gasteiger partial charge < -0.3 is 9.88 Å². The molecular formula is C21H22FN5O. The van der Waals surface area contributed by atoms with E-state index in [1.165, 1.54) is 12.1 Å². The number of halogens is 1. The molecule has 2 fully saturated rings. The van der Waals surface area contributed by atoms with Gasteiger partial charge in [-0.05, 0) is 36.6 Å². The molecule has 0 radical (unpaired) electrons. The lowest BCUT2D eigenvalue weighted by molar-refractivity contribution is 0.0963. The predicted octanol–water partition coefficient (Wildman–Crippen LogP) is 3.01. The molecule has 1 N–H and O–H groups in total. The Morgan fingerprint density at radius 3 is 2.57 bits per heavy atom. The van der Waals surface area contributed by atoms with Crippen LogP contribution in [-0.4, -0.2) is 51.8 Å². The van der Waals surface area contributed by atoms with Gasteiger partial charge in [-0.2, -0.15) is 0 Å². The second kappa shape index (κ2) is 6.98. The fourth-order valence-electron chi connectivity index (χ4n) is 3.84. The van der Waals surface area contributed by atoms with Crippen LogP contribution in [0.3, 0.4) is 0 Å². The molecule has 1 aliphatic carbocycles.